The van der Waals surface area contributed by atoms with Gasteiger partial charge in [0.15, 0.2) is 5.78 Å². The number of aromatic nitrogens is 2. The van der Waals surface area contributed by atoms with Crippen molar-refractivity contribution in [2.24, 2.45) is 5.73 Å². The van der Waals surface area contributed by atoms with Crippen LogP contribution in [0.15, 0.2) is 30.6 Å². The largest absolute Gasteiger partial charge is 0.471 e. The molecule has 6 nitrogen and oxygen atoms in total. The van der Waals surface area contributed by atoms with Crippen molar-refractivity contribution in [3.63, 3.8) is 0 Å². The van der Waals surface area contributed by atoms with Gasteiger partial charge in [-0.1, -0.05) is 25.1 Å². The third kappa shape index (κ3) is 5.43. The van der Waals surface area contributed by atoms with E-state index in [9.17, 15) is 4.79 Å². The summed E-state index contributed by atoms with van der Waals surface area (Å²) in [7, 11) is 0. The number of carbonyl (C=O) groups excluding carboxylic acids is 1. The lowest BCUT2D eigenvalue weighted by atomic mass is 9.83. The van der Waals surface area contributed by atoms with E-state index >= 15 is 0 Å². The van der Waals surface area contributed by atoms with Crippen LogP contribution in [0.2, 0.25) is 0 Å². The molecule has 1 aliphatic heterocycles. The number of ketones is 1. The van der Waals surface area contributed by atoms with Gasteiger partial charge in [-0.05, 0) is 63.7 Å². The Balaban J connectivity index is 1.71. The SMILES string of the molecule is CCC(=O)c1c(CN)cccc1C1CCN(Cc2nccnc2OC(C)(C)C)CC1. The molecule has 6 heteroatoms. The van der Waals surface area contributed by atoms with E-state index in [1.807, 2.05) is 39.8 Å². The Morgan fingerprint density at radius 1 is 1.20 bits per heavy atom. The Labute approximate surface area is 179 Å². The average Bonchev–Trinajstić information content (AvgIpc) is 2.73. The minimum atomic E-state index is -0.312. The Morgan fingerprint density at radius 2 is 1.90 bits per heavy atom. The molecular weight excluding hydrogens is 376 g/mol. The molecule has 0 amide bonds. The van der Waals surface area contributed by atoms with Gasteiger partial charge in [-0.2, -0.15) is 0 Å². The summed E-state index contributed by atoms with van der Waals surface area (Å²) in [6, 6.07) is 6.12. The van der Waals surface area contributed by atoms with Crippen LogP contribution < -0.4 is 10.5 Å². The fraction of sp³-hybridized carbons (Fsp3) is 0.542. The van der Waals surface area contributed by atoms with Crippen molar-refractivity contribution < 1.29 is 9.53 Å². The molecule has 0 bridgehead atoms. The van der Waals surface area contributed by atoms with E-state index in [1.165, 1.54) is 5.56 Å². The highest BCUT2D eigenvalue weighted by atomic mass is 16.5. The van der Waals surface area contributed by atoms with Crippen LogP contribution in [-0.2, 0) is 13.1 Å². The molecule has 0 radical (unpaired) electrons. The molecule has 162 valence electrons. The number of rotatable bonds is 7. The minimum Gasteiger partial charge on any atom is -0.471 e. The summed E-state index contributed by atoms with van der Waals surface area (Å²) in [6.45, 7) is 11.0. The van der Waals surface area contributed by atoms with E-state index in [0.717, 1.165) is 49.3 Å². The molecule has 3 rings (SSSR count). The average molecular weight is 411 g/mol. The standard InChI is InChI=1S/C24H34N4O2/c1-5-21(29)22-18(15-25)7-6-8-19(22)17-9-13-28(14-10-17)16-20-23(27-12-11-26-20)30-24(2,3)4/h6-8,11-12,17H,5,9-10,13-16,25H2,1-4H3. The van der Waals surface area contributed by atoms with Gasteiger partial charge in [-0.3, -0.25) is 14.7 Å². The molecule has 30 heavy (non-hydrogen) atoms. The first-order valence-electron chi connectivity index (χ1n) is 10.9. The maximum Gasteiger partial charge on any atom is 0.237 e. The number of carbonyl (C=O) groups is 1. The molecular formula is C24H34N4O2. The fourth-order valence-corrected chi connectivity index (χ4v) is 4.10. The molecule has 1 aliphatic rings. The third-order valence-electron chi connectivity index (χ3n) is 5.54. The quantitative estimate of drug-likeness (QED) is 0.693. The molecule has 1 aromatic heterocycles. The van der Waals surface area contributed by atoms with E-state index in [4.69, 9.17) is 10.5 Å². The summed E-state index contributed by atoms with van der Waals surface area (Å²) < 4.78 is 6.00. The number of likely N-dealkylation sites (tertiary alicyclic amines) is 1. The van der Waals surface area contributed by atoms with Crippen LogP contribution >= 0.6 is 0 Å². The van der Waals surface area contributed by atoms with Gasteiger partial charge in [0.05, 0.1) is 0 Å². The Kier molecular flexibility index (Phi) is 7.21. The summed E-state index contributed by atoms with van der Waals surface area (Å²) in [5.74, 6) is 1.18. The van der Waals surface area contributed by atoms with Crippen LogP contribution in [0.5, 0.6) is 5.88 Å². The van der Waals surface area contributed by atoms with Crippen molar-refractivity contribution in [2.45, 2.75) is 71.6 Å². The third-order valence-corrected chi connectivity index (χ3v) is 5.54. The molecule has 1 fully saturated rings. The smallest absolute Gasteiger partial charge is 0.237 e. The molecule has 2 N–H and O–H groups in total. The van der Waals surface area contributed by atoms with Crippen molar-refractivity contribution in [1.82, 2.24) is 14.9 Å². The molecule has 2 heterocycles. The first-order valence-corrected chi connectivity index (χ1v) is 10.9. The lowest BCUT2D eigenvalue weighted by Crippen LogP contribution is -2.34. The van der Waals surface area contributed by atoms with Crippen LogP contribution in [0.1, 0.15) is 80.1 Å². The van der Waals surface area contributed by atoms with E-state index in [-0.39, 0.29) is 11.4 Å². The molecule has 0 saturated carbocycles. The van der Waals surface area contributed by atoms with E-state index < -0.39 is 0 Å². The number of nitrogens with two attached hydrogens (primary N) is 1. The van der Waals surface area contributed by atoms with Gasteiger partial charge in [0.1, 0.15) is 11.3 Å². The van der Waals surface area contributed by atoms with Crippen molar-refractivity contribution in [3.05, 3.63) is 53.0 Å². The van der Waals surface area contributed by atoms with Gasteiger partial charge in [0.2, 0.25) is 5.88 Å². The van der Waals surface area contributed by atoms with Crippen molar-refractivity contribution >= 4 is 5.78 Å². The zero-order chi connectivity index (χ0) is 21.7. The van der Waals surface area contributed by atoms with Crippen molar-refractivity contribution in [1.29, 1.82) is 0 Å². The normalized spacial score (nSPS) is 15.9. The highest BCUT2D eigenvalue weighted by Crippen LogP contribution is 2.33. The van der Waals surface area contributed by atoms with Crippen LogP contribution in [0, 0.1) is 0 Å². The van der Waals surface area contributed by atoms with Gasteiger partial charge in [-0.25, -0.2) is 4.98 Å². The zero-order valence-corrected chi connectivity index (χ0v) is 18.6. The van der Waals surface area contributed by atoms with Crippen molar-refractivity contribution in [2.75, 3.05) is 13.1 Å². The molecule has 1 saturated heterocycles. The lowest BCUT2D eigenvalue weighted by Gasteiger charge is -2.33. The second-order valence-corrected chi connectivity index (χ2v) is 8.94. The monoisotopic (exact) mass is 410 g/mol. The number of benzene rings is 1. The molecule has 1 aromatic carbocycles. The van der Waals surface area contributed by atoms with E-state index in [0.29, 0.717) is 24.8 Å². The van der Waals surface area contributed by atoms with E-state index in [2.05, 4.69) is 20.9 Å². The number of piperidine rings is 1. The molecule has 0 spiro atoms. The first-order chi connectivity index (χ1) is 14.3. The summed E-state index contributed by atoms with van der Waals surface area (Å²) in [4.78, 5) is 23.9. The summed E-state index contributed by atoms with van der Waals surface area (Å²) in [6.07, 6.45) is 5.92. The maximum absolute atomic E-state index is 12.6. The number of Topliss-reactive ketones (excluding diaryl/α,β-unsaturated/α-hetero) is 1. The predicted molar refractivity (Wildman–Crippen MR) is 119 cm³/mol. The van der Waals surface area contributed by atoms with Gasteiger partial charge in [0.25, 0.3) is 0 Å². The highest BCUT2D eigenvalue weighted by molar-refractivity contribution is 5.99. The molecule has 0 unspecified atom stereocenters. The summed E-state index contributed by atoms with van der Waals surface area (Å²) >= 11 is 0. The maximum atomic E-state index is 12.6. The van der Waals surface area contributed by atoms with Crippen LogP contribution in [-0.4, -0.2) is 39.3 Å². The first kappa shape index (κ1) is 22.4. The Hall–Kier alpha value is -2.31. The number of nitrogens with zero attached hydrogens (tertiary/aromatic N) is 3. The molecule has 0 atom stereocenters. The van der Waals surface area contributed by atoms with Crippen molar-refractivity contribution in [3.8, 4) is 5.88 Å². The summed E-state index contributed by atoms with van der Waals surface area (Å²) in [5, 5.41) is 0. The van der Waals surface area contributed by atoms with Crippen LogP contribution in [0.3, 0.4) is 0 Å². The number of hydrogen-bond donors (Lipinski definition) is 1. The zero-order valence-electron chi connectivity index (χ0n) is 18.6. The number of ether oxygens (including phenoxy) is 1. The summed E-state index contributed by atoms with van der Waals surface area (Å²) in [5.41, 5.74) is 9.47. The minimum absolute atomic E-state index is 0.192. The second-order valence-electron chi connectivity index (χ2n) is 8.94. The Morgan fingerprint density at radius 3 is 2.53 bits per heavy atom. The van der Waals surface area contributed by atoms with Gasteiger partial charge < -0.3 is 10.5 Å². The molecule has 0 aliphatic carbocycles. The van der Waals surface area contributed by atoms with Gasteiger partial charge in [0, 0.05) is 37.5 Å². The van der Waals surface area contributed by atoms with Crippen LogP contribution in [0.25, 0.3) is 0 Å². The van der Waals surface area contributed by atoms with Crippen LogP contribution in [0.4, 0.5) is 0 Å². The van der Waals surface area contributed by atoms with Gasteiger partial charge in [-0.15, -0.1) is 0 Å². The fourth-order valence-electron chi connectivity index (χ4n) is 4.10. The second kappa shape index (κ2) is 9.67. The molecule has 2 aromatic rings. The highest BCUT2D eigenvalue weighted by Gasteiger charge is 2.26. The van der Waals surface area contributed by atoms with Gasteiger partial charge >= 0.3 is 0 Å². The predicted octanol–water partition coefficient (Wildman–Crippen LogP) is 4.08. The Bertz CT molecular complexity index is 868. The topological polar surface area (TPSA) is 81.3 Å². The lowest BCUT2D eigenvalue weighted by molar-refractivity contribution is 0.0984. The number of hydrogen-bond acceptors (Lipinski definition) is 6. The van der Waals surface area contributed by atoms with E-state index in [1.54, 1.807) is 12.4 Å².